The maximum atomic E-state index is 9.60. The van der Waals surface area contributed by atoms with Crippen molar-refractivity contribution in [3.63, 3.8) is 0 Å². The van der Waals surface area contributed by atoms with E-state index in [4.69, 9.17) is 22.1 Å². The van der Waals surface area contributed by atoms with Gasteiger partial charge >= 0.3 is 0 Å². The molecule has 0 radical (unpaired) electrons. The number of hydrogen-bond acceptors (Lipinski definition) is 5. The average Bonchev–Trinajstić information content (AvgIpc) is 3.92. The highest BCUT2D eigenvalue weighted by Crippen LogP contribution is 2.40. The smallest absolute Gasteiger partial charge is 0.165 e. The predicted molar refractivity (Wildman–Crippen MR) is 233 cm³/mol. The van der Waals surface area contributed by atoms with Crippen LogP contribution in [0.4, 0.5) is 0 Å². The van der Waals surface area contributed by atoms with Gasteiger partial charge in [-0.15, -0.1) is 11.3 Å². The summed E-state index contributed by atoms with van der Waals surface area (Å²) in [5.74, 6) is 0.672. The SMILES string of the molecule is [2H]c1c(-c2cccc(-c3ccccc3)c2)c([2H])c2c(oc3c([2H])c(-c4nc(-c5ccc(-c6ccccc6)cc5)nc(-c5cccc6c5sc5ccccc56)n4)c([2H])c([2H])c32)c1[2H]. The molecule has 4 nitrogen and oxygen atoms in total. The van der Waals surface area contributed by atoms with Crippen LogP contribution in [0.25, 0.3) is 110 Å². The van der Waals surface area contributed by atoms with Gasteiger partial charge in [-0.1, -0.05) is 146 Å². The second kappa shape index (κ2) is 13.3. The Hall–Kier alpha value is -7.21. The van der Waals surface area contributed by atoms with Gasteiger partial charge in [-0.05, 0) is 75.7 Å². The van der Waals surface area contributed by atoms with Gasteiger partial charge < -0.3 is 4.42 Å². The molecule has 0 aliphatic rings. The van der Waals surface area contributed by atoms with Gasteiger partial charge in [-0.3, -0.25) is 0 Å². The highest BCUT2D eigenvalue weighted by molar-refractivity contribution is 7.26. The molecule has 0 N–H and O–H groups in total. The fourth-order valence-corrected chi connectivity index (χ4v) is 8.45. The van der Waals surface area contributed by atoms with Crippen LogP contribution >= 0.6 is 11.3 Å². The van der Waals surface area contributed by atoms with E-state index >= 15 is 0 Å². The number of benzene rings is 8. The molecule has 8 aromatic carbocycles. The molecule has 3 heterocycles. The molecule has 0 fully saturated rings. The standard InChI is InChI=1S/C51H31N3OS/c1-3-11-32(12-4-1)34-21-23-35(24-22-34)49-52-50(54-51(53-49)43-19-10-18-42-41-17-7-8-20-47(41)56-48(42)43)39-25-27-40-44-30-38(26-28-45(44)55-46(40)31-39)37-16-9-15-36(29-37)33-13-5-2-6-14-33/h1-31H/i25D,26D,27D,28D,30D,31D. The monoisotopic (exact) mass is 739 g/mol. The summed E-state index contributed by atoms with van der Waals surface area (Å²) in [7, 11) is 0. The van der Waals surface area contributed by atoms with Crippen molar-refractivity contribution < 1.29 is 12.6 Å². The first-order chi connectivity index (χ1) is 30.2. The lowest BCUT2D eigenvalue weighted by Crippen LogP contribution is -2.00. The Labute approximate surface area is 335 Å². The third-order valence-corrected chi connectivity index (χ3v) is 11.2. The van der Waals surface area contributed by atoms with Gasteiger partial charge in [0.25, 0.3) is 0 Å². The largest absolute Gasteiger partial charge is 0.456 e. The highest BCUT2D eigenvalue weighted by atomic mass is 32.1. The Morgan fingerprint density at radius 2 is 0.982 bits per heavy atom. The first-order valence-corrected chi connectivity index (χ1v) is 19.0. The molecule has 5 heteroatoms. The Bertz CT molecular complexity index is 3590. The maximum Gasteiger partial charge on any atom is 0.165 e. The van der Waals surface area contributed by atoms with Crippen LogP contribution in [0.3, 0.4) is 0 Å². The zero-order chi connectivity index (χ0) is 42.2. The van der Waals surface area contributed by atoms with Crippen molar-refractivity contribution in [2.24, 2.45) is 0 Å². The van der Waals surface area contributed by atoms with Gasteiger partial charge in [0.05, 0.1) is 8.22 Å². The van der Waals surface area contributed by atoms with Crippen molar-refractivity contribution in [3.8, 4) is 67.5 Å². The third-order valence-electron chi connectivity index (χ3n) is 10.0. The molecular formula is C51H31N3OS. The molecule has 262 valence electrons. The second-order valence-corrected chi connectivity index (χ2v) is 14.5. The first kappa shape index (κ1) is 26.5. The van der Waals surface area contributed by atoms with E-state index in [1.54, 1.807) is 17.4 Å². The number of furan rings is 1. The van der Waals surface area contributed by atoms with Crippen LogP contribution in [0.2, 0.25) is 0 Å². The fourth-order valence-electron chi connectivity index (χ4n) is 7.23. The summed E-state index contributed by atoms with van der Waals surface area (Å²) in [4.78, 5) is 14.9. The molecule has 0 spiro atoms. The zero-order valence-electron chi connectivity index (χ0n) is 35.6. The second-order valence-electron chi connectivity index (χ2n) is 13.5. The predicted octanol–water partition coefficient (Wildman–Crippen LogP) is 14.1. The van der Waals surface area contributed by atoms with Gasteiger partial charge in [-0.25, -0.2) is 15.0 Å². The van der Waals surface area contributed by atoms with E-state index in [1.165, 1.54) is 0 Å². The normalized spacial score (nSPS) is 13.1. The van der Waals surface area contributed by atoms with Gasteiger partial charge in [-0.2, -0.15) is 0 Å². The fraction of sp³-hybridized carbons (Fsp3) is 0. The quantitative estimate of drug-likeness (QED) is 0.170. The molecule has 56 heavy (non-hydrogen) atoms. The van der Waals surface area contributed by atoms with Crippen molar-refractivity contribution >= 4 is 53.4 Å². The Morgan fingerprint density at radius 1 is 0.393 bits per heavy atom. The van der Waals surface area contributed by atoms with Gasteiger partial charge in [0.15, 0.2) is 17.5 Å². The lowest BCUT2D eigenvalue weighted by atomic mass is 9.98. The minimum atomic E-state index is -0.332. The Morgan fingerprint density at radius 3 is 1.79 bits per heavy atom. The summed E-state index contributed by atoms with van der Waals surface area (Å²) in [6.45, 7) is 0. The number of thiophene rings is 1. The summed E-state index contributed by atoms with van der Waals surface area (Å²) in [6.07, 6.45) is 0. The van der Waals surface area contributed by atoms with Crippen molar-refractivity contribution in [1.82, 2.24) is 15.0 Å². The van der Waals surface area contributed by atoms with E-state index < -0.39 is 0 Å². The first-order valence-electron chi connectivity index (χ1n) is 21.2. The van der Waals surface area contributed by atoms with Gasteiger partial charge in [0.2, 0.25) is 0 Å². The van der Waals surface area contributed by atoms with E-state index in [0.717, 1.165) is 48.0 Å². The molecule has 0 amide bonds. The lowest BCUT2D eigenvalue weighted by Gasteiger charge is -2.10. The van der Waals surface area contributed by atoms with Crippen LogP contribution < -0.4 is 0 Å². The molecule has 0 saturated heterocycles. The van der Waals surface area contributed by atoms with E-state index in [-0.39, 0.29) is 75.1 Å². The van der Waals surface area contributed by atoms with Crippen molar-refractivity contribution in [2.45, 2.75) is 0 Å². The molecule has 0 aliphatic heterocycles. The topological polar surface area (TPSA) is 51.8 Å². The number of hydrogen-bond donors (Lipinski definition) is 0. The molecule has 3 aromatic heterocycles. The molecule has 0 unspecified atom stereocenters. The molecule has 0 aliphatic carbocycles. The Balaban J connectivity index is 1.13. The van der Waals surface area contributed by atoms with E-state index in [0.29, 0.717) is 22.8 Å². The number of nitrogens with zero attached hydrogens (tertiary/aromatic N) is 3. The van der Waals surface area contributed by atoms with Crippen LogP contribution in [0.15, 0.2) is 192 Å². The number of rotatable bonds is 6. The van der Waals surface area contributed by atoms with Gasteiger partial charge in [0, 0.05) is 47.6 Å². The molecular weight excluding hydrogens is 703 g/mol. The molecule has 0 bridgehead atoms. The van der Waals surface area contributed by atoms with Gasteiger partial charge in [0.1, 0.15) is 11.2 Å². The van der Waals surface area contributed by atoms with Crippen LogP contribution in [0, 0.1) is 0 Å². The van der Waals surface area contributed by atoms with Crippen molar-refractivity contribution in [3.05, 3.63) is 188 Å². The summed E-state index contributed by atoms with van der Waals surface area (Å²) in [6, 6.07) is 47.8. The summed E-state index contributed by atoms with van der Waals surface area (Å²) in [5, 5.41) is 2.32. The third kappa shape index (κ3) is 5.65. The molecule has 0 saturated carbocycles. The summed E-state index contributed by atoms with van der Waals surface area (Å²) in [5.41, 5.74) is 5.89. The van der Waals surface area contributed by atoms with Crippen molar-refractivity contribution in [2.75, 3.05) is 0 Å². The average molecular weight is 740 g/mol. The maximum absolute atomic E-state index is 9.60. The van der Waals surface area contributed by atoms with Crippen LogP contribution in [-0.2, 0) is 0 Å². The highest BCUT2D eigenvalue weighted by Gasteiger charge is 2.18. The lowest BCUT2D eigenvalue weighted by molar-refractivity contribution is 0.669. The minimum Gasteiger partial charge on any atom is -0.456 e. The van der Waals surface area contributed by atoms with Crippen LogP contribution in [0.5, 0.6) is 0 Å². The minimum absolute atomic E-state index is 0.0119. The molecule has 0 atom stereocenters. The molecule has 11 aromatic rings. The van der Waals surface area contributed by atoms with Crippen molar-refractivity contribution in [1.29, 1.82) is 0 Å². The number of fused-ring (bicyclic) bond motifs is 6. The van der Waals surface area contributed by atoms with E-state index in [1.807, 2.05) is 127 Å². The number of aromatic nitrogens is 3. The van der Waals surface area contributed by atoms with Crippen LogP contribution in [0.1, 0.15) is 8.22 Å². The summed E-state index contributed by atoms with van der Waals surface area (Å²) >= 11 is 1.63. The van der Waals surface area contributed by atoms with Crippen LogP contribution in [-0.4, -0.2) is 15.0 Å². The zero-order valence-corrected chi connectivity index (χ0v) is 30.4. The summed E-state index contributed by atoms with van der Waals surface area (Å²) < 4.78 is 64.5. The van der Waals surface area contributed by atoms with E-state index in [9.17, 15) is 5.48 Å². The molecule has 11 rings (SSSR count). The Kier molecular flexibility index (Phi) is 6.29. The van der Waals surface area contributed by atoms with E-state index in [2.05, 4.69) is 18.2 Å².